The van der Waals surface area contributed by atoms with E-state index in [1.807, 2.05) is 0 Å². The molecule has 0 aliphatic carbocycles. The molecule has 0 aliphatic rings. The molecule has 0 saturated carbocycles. The van der Waals surface area contributed by atoms with Crippen molar-refractivity contribution in [1.82, 2.24) is 0 Å². The second-order valence-corrected chi connectivity index (χ2v) is 3.88. The summed E-state index contributed by atoms with van der Waals surface area (Å²) in [6.07, 6.45) is -6.11. The third kappa shape index (κ3) is 3.13. The molecule has 0 unspecified atom stereocenters. The Morgan fingerprint density at radius 2 is 1.80 bits per heavy atom. The van der Waals surface area contributed by atoms with Crippen LogP contribution in [0, 0.1) is 10.1 Å². The van der Waals surface area contributed by atoms with Gasteiger partial charge in [-0.3, -0.25) is 14.9 Å². The minimum absolute atomic E-state index is 0.155. The van der Waals surface area contributed by atoms with Crippen molar-refractivity contribution in [2.75, 3.05) is 5.32 Å². The number of carbonyl (C=O) groups is 1. The van der Waals surface area contributed by atoms with Crippen LogP contribution in [-0.2, 0) is 4.79 Å². The van der Waals surface area contributed by atoms with Crippen LogP contribution < -0.4 is 5.32 Å². The highest BCUT2D eigenvalue weighted by Crippen LogP contribution is 2.37. The number of anilines is 1. The molecule has 0 aliphatic heterocycles. The summed E-state index contributed by atoms with van der Waals surface area (Å²) in [6.45, 7) is 0. The van der Waals surface area contributed by atoms with Crippen LogP contribution in [0.1, 0.15) is 0 Å². The van der Waals surface area contributed by atoms with Gasteiger partial charge in [-0.05, 0) is 12.1 Å². The topological polar surface area (TPSA) is 72.2 Å². The molecule has 0 aromatic heterocycles. The van der Waals surface area contributed by atoms with E-state index < -0.39 is 34.3 Å². The van der Waals surface area contributed by atoms with Crippen LogP contribution >= 0.6 is 11.6 Å². The molecule has 0 atom stereocenters. The molecule has 0 spiro atoms. The Balaban J connectivity index is 3.12. The fraction of sp³-hybridized carbons (Fsp3) is 0.222. The number of amides is 1. The van der Waals surface area contributed by atoms with Crippen LogP contribution in [-0.4, -0.2) is 22.9 Å². The summed E-state index contributed by atoms with van der Waals surface area (Å²) >= 11 is 5.41. The van der Waals surface area contributed by atoms with E-state index >= 15 is 0 Å². The van der Waals surface area contributed by atoms with Crippen molar-refractivity contribution < 1.29 is 31.7 Å². The summed E-state index contributed by atoms with van der Waals surface area (Å²) in [5.41, 5.74) is -1.74. The molecular formula is C9H4ClF5N2O3. The average Bonchev–Trinajstić information content (AvgIpc) is 2.29. The van der Waals surface area contributed by atoms with Crippen molar-refractivity contribution >= 4 is 28.9 Å². The fourth-order valence-corrected chi connectivity index (χ4v) is 1.26. The molecular weight excluding hydrogens is 315 g/mol. The van der Waals surface area contributed by atoms with Crippen LogP contribution in [0.3, 0.4) is 0 Å². The number of carbonyl (C=O) groups excluding carboxylic acids is 1. The van der Waals surface area contributed by atoms with Gasteiger partial charge in [-0.2, -0.15) is 22.0 Å². The smallest absolute Gasteiger partial charge is 0.315 e. The van der Waals surface area contributed by atoms with Gasteiger partial charge in [0.05, 0.1) is 4.92 Å². The van der Waals surface area contributed by atoms with E-state index in [2.05, 4.69) is 0 Å². The first-order chi connectivity index (χ1) is 8.96. The highest BCUT2D eigenvalue weighted by molar-refractivity contribution is 6.31. The SMILES string of the molecule is O=C(Nc1ccc(Cl)cc1[N+](=O)[O-])C(F)(F)C(F)(F)F. The third-order valence-corrected chi connectivity index (χ3v) is 2.28. The van der Waals surface area contributed by atoms with E-state index in [1.165, 1.54) is 0 Å². The molecule has 1 N–H and O–H groups in total. The number of nitro groups is 1. The molecule has 0 fully saturated rings. The lowest BCUT2D eigenvalue weighted by molar-refractivity contribution is -0.383. The van der Waals surface area contributed by atoms with E-state index in [-0.39, 0.29) is 5.02 Å². The van der Waals surface area contributed by atoms with Gasteiger partial charge in [0.25, 0.3) is 5.69 Å². The third-order valence-electron chi connectivity index (χ3n) is 2.05. The Morgan fingerprint density at radius 3 is 2.25 bits per heavy atom. The molecule has 1 rings (SSSR count). The van der Waals surface area contributed by atoms with Crippen molar-refractivity contribution in [2.45, 2.75) is 12.1 Å². The summed E-state index contributed by atoms with van der Waals surface area (Å²) in [7, 11) is 0. The lowest BCUT2D eigenvalue weighted by atomic mass is 10.2. The minimum Gasteiger partial charge on any atom is -0.315 e. The zero-order valence-corrected chi connectivity index (χ0v) is 9.93. The van der Waals surface area contributed by atoms with Gasteiger partial charge < -0.3 is 5.32 Å². The summed E-state index contributed by atoms with van der Waals surface area (Å²) < 4.78 is 61.2. The summed E-state index contributed by atoms with van der Waals surface area (Å²) in [5, 5.41) is 11.6. The molecule has 0 saturated heterocycles. The maximum absolute atomic E-state index is 12.7. The van der Waals surface area contributed by atoms with E-state index in [4.69, 9.17) is 11.6 Å². The summed E-state index contributed by atoms with van der Waals surface area (Å²) in [5.74, 6) is -8.41. The lowest BCUT2D eigenvalue weighted by Crippen LogP contribution is -2.47. The first-order valence-electron chi connectivity index (χ1n) is 4.66. The van der Waals surface area contributed by atoms with Crippen molar-refractivity contribution in [2.24, 2.45) is 0 Å². The number of benzene rings is 1. The van der Waals surface area contributed by atoms with Gasteiger partial charge in [-0.1, -0.05) is 11.6 Å². The zero-order chi connectivity index (χ0) is 15.7. The summed E-state index contributed by atoms with van der Waals surface area (Å²) in [4.78, 5) is 20.4. The Hall–Kier alpha value is -1.97. The number of hydrogen-bond acceptors (Lipinski definition) is 3. The van der Waals surface area contributed by atoms with Gasteiger partial charge in [0.15, 0.2) is 0 Å². The van der Waals surface area contributed by atoms with E-state index in [0.717, 1.165) is 17.4 Å². The van der Waals surface area contributed by atoms with Crippen LogP contribution in [0.5, 0.6) is 0 Å². The van der Waals surface area contributed by atoms with Gasteiger partial charge in [-0.15, -0.1) is 0 Å². The van der Waals surface area contributed by atoms with Gasteiger partial charge in [-0.25, -0.2) is 0 Å². The van der Waals surface area contributed by atoms with Crippen molar-refractivity contribution in [3.05, 3.63) is 33.3 Å². The molecule has 110 valence electrons. The van der Waals surface area contributed by atoms with Crippen LogP contribution in [0.15, 0.2) is 18.2 Å². The molecule has 0 bridgehead atoms. The number of nitrogens with zero attached hydrogens (tertiary/aromatic N) is 1. The van der Waals surface area contributed by atoms with Gasteiger partial charge >= 0.3 is 18.0 Å². The maximum Gasteiger partial charge on any atom is 0.463 e. The van der Waals surface area contributed by atoms with E-state index in [0.29, 0.717) is 6.07 Å². The van der Waals surface area contributed by atoms with E-state index in [9.17, 15) is 36.9 Å². The summed E-state index contributed by atoms with van der Waals surface area (Å²) in [6, 6.07) is 2.42. The molecule has 1 aromatic rings. The maximum atomic E-state index is 12.7. The number of hydrogen-bond donors (Lipinski definition) is 1. The first kappa shape index (κ1) is 16.1. The Kier molecular flexibility index (Phi) is 4.18. The number of halogens is 6. The van der Waals surface area contributed by atoms with Gasteiger partial charge in [0.2, 0.25) is 0 Å². The monoisotopic (exact) mass is 318 g/mol. The molecule has 0 radical (unpaired) electrons. The highest BCUT2D eigenvalue weighted by Gasteiger charge is 2.63. The largest absolute Gasteiger partial charge is 0.463 e. The second kappa shape index (κ2) is 5.19. The van der Waals surface area contributed by atoms with Gasteiger partial charge in [0.1, 0.15) is 5.69 Å². The van der Waals surface area contributed by atoms with E-state index in [1.54, 1.807) is 0 Å². The van der Waals surface area contributed by atoms with Crippen LogP contribution in [0.2, 0.25) is 5.02 Å². The quantitative estimate of drug-likeness (QED) is 0.527. The Morgan fingerprint density at radius 1 is 1.25 bits per heavy atom. The molecule has 0 heterocycles. The number of nitro benzene ring substituents is 1. The average molecular weight is 319 g/mol. The van der Waals surface area contributed by atoms with Crippen LogP contribution in [0.25, 0.3) is 0 Å². The second-order valence-electron chi connectivity index (χ2n) is 3.44. The zero-order valence-electron chi connectivity index (χ0n) is 9.17. The fourth-order valence-electron chi connectivity index (χ4n) is 1.09. The first-order valence-corrected chi connectivity index (χ1v) is 5.04. The van der Waals surface area contributed by atoms with Gasteiger partial charge in [0, 0.05) is 11.1 Å². The Bertz CT molecular complexity index is 561. The Labute approximate surface area is 112 Å². The molecule has 1 amide bonds. The highest BCUT2D eigenvalue weighted by atomic mass is 35.5. The van der Waals surface area contributed by atoms with Crippen molar-refractivity contribution in [1.29, 1.82) is 0 Å². The molecule has 20 heavy (non-hydrogen) atoms. The standard InChI is InChI=1S/C9H4ClF5N2O3/c10-4-1-2-5(6(3-4)17(19)20)16-7(18)8(11,12)9(13,14)15/h1-3H,(H,16,18). The normalized spacial score (nSPS) is 12.1. The predicted octanol–water partition coefficient (Wildman–Crippen LogP) is 3.38. The minimum atomic E-state index is -6.11. The van der Waals surface area contributed by atoms with Crippen LogP contribution in [0.4, 0.5) is 33.3 Å². The van der Waals surface area contributed by atoms with Crippen molar-refractivity contribution in [3.63, 3.8) is 0 Å². The van der Waals surface area contributed by atoms with Crippen molar-refractivity contribution in [3.8, 4) is 0 Å². The molecule has 5 nitrogen and oxygen atoms in total. The molecule has 1 aromatic carbocycles. The number of nitrogens with one attached hydrogen (secondary N) is 1. The molecule has 11 heteroatoms. The lowest BCUT2D eigenvalue weighted by Gasteiger charge is -2.18. The predicted molar refractivity (Wildman–Crippen MR) is 57.7 cm³/mol. The number of alkyl halides is 5. The number of rotatable bonds is 3.